The molecule has 0 saturated heterocycles. The average molecular weight is 377 g/mol. The molecule has 7 heteroatoms. The lowest BCUT2D eigenvalue weighted by atomic mass is 10.1. The molecule has 2 heterocycles. The fourth-order valence-electron chi connectivity index (χ4n) is 3.67. The highest BCUT2D eigenvalue weighted by molar-refractivity contribution is 5.99. The molecule has 4 rings (SSSR count). The van der Waals surface area contributed by atoms with Crippen molar-refractivity contribution in [3.05, 3.63) is 54.0 Å². The van der Waals surface area contributed by atoms with E-state index in [0.29, 0.717) is 24.0 Å². The standard InChI is InChI=1S/C21H23N5O2/c1-13(2)26-17-7-5-4-6-16(17)24-19(26)8-9-22-21(28)14-10-15-12-23-25(3)20(15)18(27)11-14/h4-7,10-13,27H,8-9H2,1-3H3,(H,22,28). The predicted octanol–water partition coefficient (Wildman–Crippen LogP) is 3.18. The van der Waals surface area contributed by atoms with Crippen molar-refractivity contribution in [2.45, 2.75) is 26.3 Å². The Labute approximate surface area is 162 Å². The van der Waals surface area contributed by atoms with Crippen LogP contribution in [0.1, 0.15) is 36.1 Å². The topological polar surface area (TPSA) is 85.0 Å². The van der Waals surface area contributed by atoms with E-state index in [4.69, 9.17) is 4.98 Å². The number of nitrogens with zero attached hydrogens (tertiary/aromatic N) is 4. The summed E-state index contributed by atoms with van der Waals surface area (Å²) in [5.74, 6) is 0.763. The number of aromatic hydroxyl groups is 1. The van der Waals surface area contributed by atoms with E-state index in [1.165, 1.54) is 6.07 Å². The molecule has 0 bridgehead atoms. The number of amides is 1. The first-order chi connectivity index (χ1) is 13.5. The number of rotatable bonds is 5. The normalized spacial score (nSPS) is 11.6. The molecule has 144 valence electrons. The predicted molar refractivity (Wildman–Crippen MR) is 109 cm³/mol. The summed E-state index contributed by atoms with van der Waals surface area (Å²) >= 11 is 0. The number of para-hydroxylation sites is 2. The molecular weight excluding hydrogens is 354 g/mol. The fraction of sp³-hybridized carbons (Fsp3) is 0.286. The molecule has 28 heavy (non-hydrogen) atoms. The maximum Gasteiger partial charge on any atom is 0.251 e. The van der Waals surface area contributed by atoms with Gasteiger partial charge >= 0.3 is 0 Å². The van der Waals surface area contributed by atoms with Crippen LogP contribution in [-0.2, 0) is 13.5 Å². The van der Waals surface area contributed by atoms with Crippen molar-refractivity contribution in [1.82, 2.24) is 24.6 Å². The second kappa shape index (κ2) is 6.99. The zero-order chi connectivity index (χ0) is 19.8. The van der Waals surface area contributed by atoms with E-state index in [2.05, 4.69) is 34.9 Å². The zero-order valence-electron chi connectivity index (χ0n) is 16.2. The number of carbonyl (C=O) groups excluding carboxylic acids is 1. The minimum Gasteiger partial charge on any atom is -0.506 e. The third-order valence-corrected chi connectivity index (χ3v) is 4.89. The molecule has 0 fully saturated rings. The molecule has 2 aromatic carbocycles. The van der Waals surface area contributed by atoms with Gasteiger partial charge in [-0.15, -0.1) is 0 Å². The van der Waals surface area contributed by atoms with Gasteiger partial charge in [0.2, 0.25) is 0 Å². The van der Waals surface area contributed by atoms with Gasteiger partial charge < -0.3 is 15.0 Å². The van der Waals surface area contributed by atoms with Gasteiger partial charge in [0.25, 0.3) is 5.91 Å². The number of phenolic OH excluding ortho intramolecular Hbond substituents is 1. The number of benzene rings is 2. The monoisotopic (exact) mass is 377 g/mol. The fourth-order valence-corrected chi connectivity index (χ4v) is 3.67. The molecule has 4 aromatic rings. The maximum absolute atomic E-state index is 12.6. The van der Waals surface area contributed by atoms with Crippen molar-refractivity contribution in [1.29, 1.82) is 0 Å². The summed E-state index contributed by atoms with van der Waals surface area (Å²) in [6.07, 6.45) is 2.26. The average Bonchev–Trinajstić information content (AvgIpc) is 3.22. The van der Waals surface area contributed by atoms with Gasteiger partial charge in [-0.2, -0.15) is 5.10 Å². The Morgan fingerprint density at radius 2 is 2.04 bits per heavy atom. The van der Waals surface area contributed by atoms with Crippen LogP contribution in [0.3, 0.4) is 0 Å². The maximum atomic E-state index is 12.6. The summed E-state index contributed by atoms with van der Waals surface area (Å²) in [4.78, 5) is 17.3. The Morgan fingerprint density at radius 3 is 2.82 bits per heavy atom. The van der Waals surface area contributed by atoms with E-state index in [1.54, 1.807) is 24.0 Å². The summed E-state index contributed by atoms with van der Waals surface area (Å²) in [5, 5.41) is 18.0. The first-order valence-corrected chi connectivity index (χ1v) is 9.34. The second-order valence-electron chi connectivity index (χ2n) is 7.19. The van der Waals surface area contributed by atoms with Gasteiger partial charge in [0, 0.05) is 37.0 Å². The molecule has 0 aliphatic heterocycles. The number of imidazole rings is 1. The molecule has 0 spiro atoms. The molecule has 0 aliphatic carbocycles. The number of phenols is 1. The Bertz CT molecular complexity index is 1170. The van der Waals surface area contributed by atoms with Crippen LogP contribution >= 0.6 is 0 Å². The zero-order valence-corrected chi connectivity index (χ0v) is 16.2. The Morgan fingerprint density at radius 1 is 1.25 bits per heavy atom. The molecule has 0 atom stereocenters. The quantitative estimate of drug-likeness (QED) is 0.559. The van der Waals surface area contributed by atoms with Crippen molar-refractivity contribution in [2.75, 3.05) is 6.54 Å². The number of nitrogens with one attached hydrogen (secondary N) is 1. The SMILES string of the molecule is CC(C)n1c(CCNC(=O)c2cc(O)c3c(cnn3C)c2)nc2ccccc21. The number of aryl methyl sites for hydroxylation is 1. The molecule has 0 saturated carbocycles. The number of carbonyl (C=O) groups is 1. The lowest BCUT2D eigenvalue weighted by Gasteiger charge is -2.13. The lowest BCUT2D eigenvalue weighted by Crippen LogP contribution is -2.26. The highest BCUT2D eigenvalue weighted by Gasteiger charge is 2.15. The number of hydrogen-bond acceptors (Lipinski definition) is 4. The Hall–Kier alpha value is -3.35. The molecule has 1 amide bonds. The van der Waals surface area contributed by atoms with Crippen LogP contribution in [0.2, 0.25) is 0 Å². The summed E-state index contributed by atoms with van der Waals surface area (Å²) in [5.41, 5.74) is 3.09. The van der Waals surface area contributed by atoms with Gasteiger partial charge in [0.15, 0.2) is 0 Å². The van der Waals surface area contributed by atoms with Crippen LogP contribution in [0.4, 0.5) is 0 Å². The number of fused-ring (bicyclic) bond motifs is 2. The molecule has 2 N–H and O–H groups in total. The Balaban J connectivity index is 1.51. The highest BCUT2D eigenvalue weighted by Crippen LogP contribution is 2.26. The van der Waals surface area contributed by atoms with Gasteiger partial charge in [-0.05, 0) is 38.1 Å². The number of hydrogen-bond donors (Lipinski definition) is 2. The largest absolute Gasteiger partial charge is 0.506 e. The molecule has 7 nitrogen and oxygen atoms in total. The van der Waals surface area contributed by atoms with Crippen LogP contribution in [0.5, 0.6) is 5.75 Å². The molecule has 0 aliphatic rings. The second-order valence-corrected chi connectivity index (χ2v) is 7.19. The van der Waals surface area contributed by atoms with E-state index in [1.807, 2.05) is 18.2 Å². The third kappa shape index (κ3) is 3.09. The van der Waals surface area contributed by atoms with Gasteiger partial charge in [0.05, 0.1) is 17.2 Å². The van der Waals surface area contributed by atoms with Crippen molar-refractivity contribution in [3.8, 4) is 5.75 Å². The van der Waals surface area contributed by atoms with E-state index in [0.717, 1.165) is 22.2 Å². The van der Waals surface area contributed by atoms with E-state index >= 15 is 0 Å². The minimum atomic E-state index is -0.228. The molecule has 0 unspecified atom stereocenters. The van der Waals surface area contributed by atoms with Crippen LogP contribution < -0.4 is 5.32 Å². The van der Waals surface area contributed by atoms with Crippen molar-refractivity contribution < 1.29 is 9.90 Å². The van der Waals surface area contributed by atoms with E-state index < -0.39 is 0 Å². The van der Waals surface area contributed by atoms with E-state index in [-0.39, 0.29) is 17.7 Å². The van der Waals surface area contributed by atoms with Crippen LogP contribution in [-0.4, -0.2) is 36.9 Å². The number of aromatic nitrogens is 4. The summed E-state index contributed by atoms with van der Waals surface area (Å²) in [7, 11) is 1.75. The smallest absolute Gasteiger partial charge is 0.251 e. The van der Waals surface area contributed by atoms with Crippen LogP contribution in [0, 0.1) is 0 Å². The van der Waals surface area contributed by atoms with Crippen molar-refractivity contribution >= 4 is 27.8 Å². The van der Waals surface area contributed by atoms with Gasteiger partial charge in [-0.25, -0.2) is 4.98 Å². The Kier molecular flexibility index (Phi) is 4.50. The highest BCUT2D eigenvalue weighted by atomic mass is 16.3. The first kappa shape index (κ1) is 18.0. The van der Waals surface area contributed by atoms with Crippen LogP contribution in [0.25, 0.3) is 21.9 Å². The minimum absolute atomic E-state index is 0.0456. The summed E-state index contributed by atoms with van der Waals surface area (Å²) in [6.45, 7) is 4.71. The van der Waals surface area contributed by atoms with E-state index in [9.17, 15) is 9.90 Å². The van der Waals surface area contributed by atoms with Crippen LogP contribution in [0.15, 0.2) is 42.6 Å². The third-order valence-electron chi connectivity index (χ3n) is 4.89. The van der Waals surface area contributed by atoms with Crippen molar-refractivity contribution in [2.24, 2.45) is 7.05 Å². The molecule has 0 radical (unpaired) electrons. The van der Waals surface area contributed by atoms with Gasteiger partial charge in [-0.3, -0.25) is 9.48 Å². The van der Waals surface area contributed by atoms with Crippen molar-refractivity contribution in [3.63, 3.8) is 0 Å². The van der Waals surface area contributed by atoms with Gasteiger partial charge in [0.1, 0.15) is 17.1 Å². The summed E-state index contributed by atoms with van der Waals surface area (Å²) in [6, 6.07) is 11.5. The first-order valence-electron chi connectivity index (χ1n) is 9.34. The lowest BCUT2D eigenvalue weighted by molar-refractivity contribution is 0.0953. The molecular formula is C21H23N5O2. The summed E-state index contributed by atoms with van der Waals surface area (Å²) < 4.78 is 3.79. The molecule has 2 aromatic heterocycles. The van der Waals surface area contributed by atoms with Gasteiger partial charge in [-0.1, -0.05) is 12.1 Å².